The molecule has 7 heterocycles. The topological polar surface area (TPSA) is 265 Å². The minimum Gasteiger partial charge on any atom is -0.369 e. The number of aromatic nitrogens is 6. The first kappa shape index (κ1) is 30.8. The van der Waals surface area contributed by atoms with E-state index < -0.39 is 88.8 Å². The van der Waals surface area contributed by atoms with Crippen LogP contribution in [-0.2, 0) is 43.9 Å². The molecule has 4 aliphatic heterocycles. The third kappa shape index (κ3) is 5.51. The number of H-pyrrole nitrogens is 1. The van der Waals surface area contributed by atoms with Crippen LogP contribution >= 0.6 is 14.5 Å². The molecule has 244 valence electrons. The Morgan fingerprint density at radius 1 is 1.02 bits per heavy atom. The summed E-state index contributed by atoms with van der Waals surface area (Å²) >= 11 is 5.07. The normalized spacial score (nSPS) is 40.2. The van der Waals surface area contributed by atoms with Gasteiger partial charge in [0.05, 0.1) is 32.2 Å². The molecule has 0 aromatic carbocycles. The Hall–Kier alpha value is -2.79. The van der Waals surface area contributed by atoms with Gasteiger partial charge in [0.2, 0.25) is 5.95 Å². The van der Waals surface area contributed by atoms with Crippen LogP contribution in [0, 0.1) is 0 Å². The highest BCUT2D eigenvalue weighted by Crippen LogP contribution is 2.54. The van der Waals surface area contributed by atoms with Crippen molar-refractivity contribution in [2.24, 2.45) is 4.99 Å². The average Bonchev–Trinajstić information content (AvgIpc) is 3.72. The fourth-order valence-corrected chi connectivity index (χ4v) is 7.68. The van der Waals surface area contributed by atoms with Gasteiger partial charge in [0, 0.05) is 0 Å². The number of aliphatic hydroxyl groups excluding tert-OH is 1. The summed E-state index contributed by atoms with van der Waals surface area (Å²) in [5.74, 6) is -0.167. The molecular weight excluding hydrogens is 674 g/mol. The number of nitrogens with one attached hydrogen (secondary N) is 2. The number of nitrogens with two attached hydrogens (primary N) is 1. The summed E-state index contributed by atoms with van der Waals surface area (Å²) in [6, 6.07) is 0. The summed E-state index contributed by atoms with van der Waals surface area (Å²) in [6.07, 6.45) is -12.1. The molecule has 0 aliphatic carbocycles. The van der Waals surface area contributed by atoms with Crippen molar-refractivity contribution >= 4 is 55.6 Å². The number of nitrogen functional groups attached to an aromatic ring is 1. The third-order valence-corrected chi connectivity index (χ3v) is 9.87. The van der Waals surface area contributed by atoms with E-state index in [2.05, 4.69) is 30.2 Å². The van der Waals surface area contributed by atoms with Crippen LogP contribution in [0.4, 0.5) is 20.5 Å². The number of aliphatic hydroxyl groups is 1. The van der Waals surface area contributed by atoms with E-state index in [9.17, 15) is 24.3 Å². The van der Waals surface area contributed by atoms with Gasteiger partial charge in [0.15, 0.2) is 42.2 Å². The van der Waals surface area contributed by atoms with Crippen molar-refractivity contribution in [1.82, 2.24) is 29.1 Å². The summed E-state index contributed by atoms with van der Waals surface area (Å²) in [4.78, 5) is 51.7. The molecule has 3 saturated heterocycles. The largest absolute Gasteiger partial charge is 0.472 e. The number of alkyl halides is 2. The number of phosphoric ester groups is 1. The number of ether oxygens (including phenoxy) is 2. The van der Waals surface area contributed by atoms with Crippen molar-refractivity contribution in [3.63, 3.8) is 0 Å². The number of phosphoric acid groups is 1. The minimum absolute atomic E-state index is 0.0652. The SMILES string of the molecule is Nc1nc2c(ncn2[C@@H]2O[C@@H]3COP(O)(=S)O[C@H]4[C@H](F)[C@H](n5cnc6c5NC=NC6O)O[C@@H]4COP(=O)(O)O[C@@H]2[C@@H]3F)c(=O)[nH]1. The first-order valence-corrected chi connectivity index (χ1v) is 17.1. The van der Waals surface area contributed by atoms with Crippen LogP contribution in [-0.4, -0.2) is 100 Å². The van der Waals surface area contributed by atoms with Crippen LogP contribution in [0.25, 0.3) is 11.2 Å². The first-order valence-electron chi connectivity index (χ1n) is 13.0. The second-order valence-corrected chi connectivity index (χ2v) is 14.3. The fourth-order valence-electron chi connectivity index (χ4n) is 5.32. The minimum atomic E-state index is -5.19. The lowest BCUT2D eigenvalue weighted by Gasteiger charge is -2.26. The Morgan fingerprint density at radius 3 is 2.56 bits per heavy atom. The summed E-state index contributed by atoms with van der Waals surface area (Å²) in [5, 5.41) is 12.8. The third-order valence-electron chi connectivity index (χ3n) is 7.33. The maximum Gasteiger partial charge on any atom is 0.472 e. The van der Waals surface area contributed by atoms with Gasteiger partial charge in [0.25, 0.3) is 5.56 Å². The lowest BCUT2D eigenvalue weighted by atomic mass is 10.1. The van der Waals surface area contributed by atoms with Crippen molar-refractivity contribution in [2.75, 3.05) is 24.3 Å². The number of halogens is 2. The van der Waals surface area contributed by atoms with Crippen LogP contribution in [0.5, 0.6) is 0 Å². The maximum atomic E-state index is 15.9. The van der Waals surface area contributed by atoms with Gasteiger partial charge in [-0.05, 0) is 11.8 Å². The quantitative estimate of drug-likeness (QED) is 0.187. The number of hydrogen-bond acceptors (Lipinski definition) is 16. The van der Waals surface area contributed by atoms with Gasteiger partial charge in [-0.2, -0.15) is 4.98 Å². The van der Waals surface area contributed by atoms with E-state index in [1.54, 1.807) is 0 Å². The van der Waals surface area contributed by atoms with Gasteiger partial charge >= 0.3 is 14.5 Å². The van der Waals surface area contributed by atoms with Gasteiger partial charge in [-0.1, -0.05) is 0 Å². The van der Waals surface area contributed by atoms with E-state index in [0.29, 0.717) is 0 Å². The molecule has 0 saturated carbocycles. The molecule has 3 aromatic heterocycles. The van der Waals surface area contributed by atoms with E-state index in [1.165, 1.54) is 10.9 Å². The molecule has 45 heavy (non-hydrogen) atoms. The number of imidazole rings is 2. The molecule has 20 nitrogen and oxygen atoms in total. The van der Waals surface area contributed by atoms with Gasteiger partial charge in [-0.15, -0.1) is 0 Å². The van der Waals surface area contributed by atoms with Crippen molar-refractivity contribution in [3.8, 4) is 0 Å². The van der Waals surface area contributed by atoms with Crippen molar-refractivity contribution < 1.29 is 55.8 Å². The lowest BCUT2D eigenvalue weighted by molar-refractivity contribution is -0.0643. The Labute approximate surface area is 254 Å². The van der Waals surface area contributed by atoms with E-state index in [-0.39, 0.29) is 28.6 Å². The molecule has 7 rings (SSSR count). The van der Waals surface area contributed by atoms with Crippen LogP contribution in [0.15, 0.2) is 22.4 Å². The Morgan fingerprint density at radius 2 is 1.76 bits per heavy atom. The van der Waals surface area contributed by atoms with Crippen LogP contribution in [0.3, 0.4) is 0 Å². The number of nitrogens with zero attached hydrogens (tertiary/aromatic N) is 6. The molecule has 7 N–H and O–H groups in total. The summed E-state index contributed by atoms with van der Waals surface area (Å²) < 4.78 is 79.6. The van der Waals surface area contributed by atoms with E-state index in [4.69, 9.17) is 45.1 Å². The Balaban J connectivity index is 1.19. The molecule has 3 fully saturated rings. The molecule has 0 amide bonds. The smallest absolute Gasteiger partial charge is 0.369 e. The summed E-state index contributed by atoms with van der Waals surface area (Å²) in [7, 11) is -5.19. The molecule has 3 aromatic rings. The molecule has 11 atom stereocenters. The highest BCUT2D eigenvalue weighted by Gasteiger charge is 2.54. The number of aliphatic imine (C=N–C) groups is 1. The maximum absolute atomic E-state index is 15.9. The number of rotatable bonds is 2. The van der Waals surface area contributed by atoms with E-state index in [1.807, 2.05) is 0 Å². The van der Waals surface area contributed by atoms with Crippen LogP contribution in [0.2, 0.25) is 0 Å². The van der Waals surface area contributed by atoms with E-state index in [0.717, 1.165) is 17.2 Å². The first-order chi connectivity index (χ1) is 21.3. The Kier molecular flexibility index (Phi) is 7.66. The van der Waals surface area contributed by atoms with Crippen LogP contribution in [0.1, 0.15) is 24.4 Å². The zero-order chi connectivity index (χ0) is 31.8. The van der Waals surface area contributed by atoms with Crippen LogP contribution < -0.4 is 16.6 Å². The predicted octanol–water partition coefficient (Wildman–Crippen LogP) is -0.351. The fraction of sp³-hybridized carbons (Fsp3) is 0.550. The molecule has 0 radical (unpaired) electrons. The molecular formula is C20H23F2N9O11P2S. The van der Waals surface area contributed by atoms with Gasteiger partial charge < -0.3 is 39.9 Å². The number of hydrogen-bond donors (Lipinski definition) is 6. The van der Waals surface area contributed by atoms with Gasteiger partial charge in [-0.25, -0.2) is 28.3 Å². The molecule has 2 bridgehead atoms. The monoisotopic (exact) mass is 697 g/mol. The molecule has 0 spiro atoms. The standard InChI is InChI=1S/C20H23F2N9O11P2S/c21-8-6-1-38-44(36,45)42-12-7(40-18(9(12)22)30-4-26-10-14(30)24-3-25-16(10)32)2-37-43(34,35)41-13(8)19(39-6)31-5-27-11-15(31)28-20(23)29-17(11)33/h3-9,12-13,16,18-19,32H,1-2H2,(H,24,25)(H,34,35)(H,36,45)(H3,23,28,29,33)/t6-,7-,8-,9+,12-,13-,16?,18-,19-,44?/m1/s1. The van der Waals surface area contributed by atoms with Gasteiger partial charge in [-0.3, -0.25) is 32.5 Å². The predicted molar refractivity (Wildman–Crippen MR) is 147 cm³/mol. The van der Waals surface area contributed by atoms with E-state index >= 15 is 8.78 Å². The number of anilines is 2. The average molecular weight is 697 g/mol. The molecule has 4 aliphatic rings. The lowest BCUT2D eigenvalue weighted by Crippen LogP contribution is -2.34. The summed E-state index contributed by atoms with van der Waals surface area (Å²) in [6.45, 7) is -6.03. The second kappa shape index (κ2) is 11.2. The molecule has 3 unspecified atom stereocenters. The van der Waals surface area contributed by atoms with Gasteiger partial charge in [0.1, 0.15) is 35.9 Å². The number of fused-ring (bicyclic) bond motifs is 5. The van der Waals surface area contributed by atoms with Crippen molar-refractivity contribution in [2.45, 2.75) is 55.4 Å². The van der Waals surface area contributed by atoms with Crippen molar-refractivity contribution in [1.29, 1.82) is 0 Å². The Bertz CT molecular complexity index is 1830. The van der Waals surface area contributed by atoms with Crippen molar-refractivity contribution in [3.05, 3.63) is 28.7 Å². The highest BCUT2D eigenvalue weighted by atomic mass is 32.5. The highest BCUT2D eigenvalue weighted by molar-refractivity contribution is 8.07. The molecule has 25 heteroatoms. The number of aromatic amines is 1. The second-order valence-electron chi connectivity index (χ2n) is 10.1. The summed E-state index contributed by atoms with van der Waals surface area (Å²) in [5.41, 5.74) is 4.63. The zero-order valence-corrected chi connectivity index (χ0v) is 24.9. The zero-order valence-electron chi connectivity index (χ0n) is 22.3.